The molecule has 0 aliphatic rings. The van der Waals surface area contributed by atoms with Crippen LogP contribution >= 0.6 is 0 Å². The van der Waals surface area contributed by atoms with Gasteiger partial charge in [-0.1, -0.05) is 66.7 Å². The maximum atomic E-state index is 12.3. The largest absolute Gasteiger partial charge is 0.496 e. The lowest BCUT2D eigenvalue weighted by Crippen LogP contribution is -2.68. The second-order valence-electron chi connectivity index (χ2n) is 8.70. The fourth-order valence-electron chi connectivity index (χ4n) is 4.41. The van der Waals surface area contributed by atoms with Crippen molar-refractivity contribution in [3.8, 4) is 45.1 Å². The maximum absolute atomic E-state index is 12.3. The number of ether oxygens (including phenoxy) is 2. The summed E-state index contributed by atoms with van der Waals surface area (Å²) in [5.41, 5.74) is 7.68. The van der Waals surface area contributed by atoms with Crippen molar-refractivity contribution in [3.63, 3.8) is 0 Å². The number of esters is 1. The minimum absolute atomic E-state index is 0.382. The van der Waals surface area contributed by atoms with E-state index in [1.165, 1.54) is 7.11 Å². The highest BCUT2D eigenvalue weighted by Crippen LogP contribution is 2.31. The maximum Gasteiger partial charge on any atom is 0.341 e. The molecule has 1 heterocycles. The molecule has 0 amide bonds. The van der Waals surface area contributed by atoms with Crippen LogP contribution in [0.1, 0.15) is 10.4 Å². The van der Waals surface area contributed by atoms with Crippen LogP contribution in [0.15, 0.2) is 121 Å². The zero-order valence-electron chi connectivity index (χ0n) is 22.2. The predicted octanol–water partition coefficient (Wildman–Crippen LogP) is 2.00. The summed E-state index contributed by atoms with van der Waals surface area (Å²) in [5.74, 6) is 0.0198. The Morgan fingerprint density at radius 1 is 0.610 bits per heavy atom. The molecule has 0 aliphatic carbocycles. The van der Waals surface area contributed by atoms with E-state index in [4.69, 9.17) is 28.1 Å². The van der Waals surface area contributed by atoms with Crippen molar-refractivity contribution < 1.29 is 47.7 Å². The number of hydrogen-bond donors (Lipinski definition) is 0. The summed E-state index contributed by atoms with van der Waals surface area (Å²) in [6.45, 7) is 0. The van der Waals surface area contributed by atoms with Crippen molar-refractivity contribution >= 4 is 5.97 Å². The van der Waals surface area contributed by atoms with Crippen molar-refractivity contribution in [2.75, 3.05) is 14.2 Å². The molecule has 0 aliphatic heterocycles. The molecule has 0 bridgehead atoms. The molecule has 0 fully saturated rings. The standard InChI is InChI=1S/C32H26NO3.ClHO4/c1-35-31-22-27(18-19-28(31)32(34)36-2)33-29(24-14-8-4-9-15-24)20-26(23-12-6-3-7-13-23)21-30(33)25-16-10-5-11-17-25;2-1(3,4)5/h3-22H,1-2H3;(H,2,3,4,5)/q+1;/p-1. The zero-order valence-corrected chi connectivity index (χ0v) is 23.0. The minimum atomic E-state index is -4.94. The molecule has 4 aromatic carbocycles. The molecule has 0 atom stereocenters. The van der Waals surface area contributed by atoms with E-state index in [1.807, 2.05) is 54.6 Å². The van der Waals surface area contributed by atoms with Gasteiger partial charge in [-0.3, -0.25) is 0 Å². The number of benzene rings is 4. The van der Waals surface area contributed by atoms with Gasteiger partial charge in [0.05, 0.1) is 20.3 Å². The van der Waals surface area contributed by atoms with Gasteiger partial charge in [0.15, 0.2) is 0 Å². The number of nitrogens with zero attached hydrogens (tertiary/aromatic N) is 1. The van der Waals surface area contributed by atoms with Crippen molar-refractivity contribution in [1.29, 1.82) is 0 Å². The first kappa shape index (κ1) is 29.4. The van der Waals surface area contributed by atoms with Crippen LogP contribution < -0.4 is 27.9 Å². The highest BCUT2D eigenvalue weighted by Gasteiger charge is 2.26. The fourth-order valence-corrected chi connectivity index (χ4v) is 4.41. The lowest BCUT2D eigenvalue weighted by atomic mass is 9.98. The van der Waals surface area contributed by atoms with Crippen LogP contribution in [-0.4, -0.2) is 20.2 Å². The van der Waals surface area contributed by atoms with Crippen molar-refractivity contribution in [2.24, 2.45) is 0 Å². The van der Waals surface area contributed by atoms with Gasteiger partial charge in [-0.2, -0.15) is 4.57 Å². The highest BCUT2D eigenvalue weighted by molar-refractivity contribution is 5.92. The molecule has 0 unspecified atom stereocenters. The van der Waals surface area contributed by atoms with Gasteiger partial charge in [0.2, 0.25) is 17.1 Å². The number of halogens is 1. The lowest BCUT2D eigenvalue weighted by Gasteiger charge is -2.17. The van der Waals surface area contributed by atoms with Gasteiger partial charge in [0.1, 0.15) is 11.3 Å². The van der Waals surface area contributed by atoms with Gasteiger partial charge >= 0.3 is 5.97 Å². The van der Waals surface area contributed by atoms with Gasteiger partial charge in [0.25, 0.3) is 0 Å². The number of pyridine rings is 1. The monoisotopic (exact) mass is 571 g/mol. The molecule has 5 rings (SSSR count). The van der Waals surface area contributed by atoms with E-state index in [-0.39, 0.29) is 0 Å². The third-order valence-electron chi connectivity index (χ3n) is 6.16. The van der Waals surface area contributed by atoms with E-state index in [0.29, 0.717) is 11.3 Å². The molecule has 41 heavy (non-hydrogen) atoms. The zero-order chi connectivity index (χ0) is 29.4. The van der Waals surface area contributed by atoms with E-state index >= 15 is 0 Å². The van der Waals surface area contributed by atoms with E-state index < -0.39 is 16.2 Å². The predicted molar refractivity (Wildman–Crippen MR) is 142 cm³/mol. The van der Waals surface area contributed by atoms with Crippen LogP contribution in [0.25, 0.3) is 39.3 Å². The van der Waals surface area contributed by atoms with Gasteiger partial charge in [-0.15, -0.1) is 10.2 Å². The van der Waals surface area contributed by atoms with Gasteiger partial charge in [-0.05, 0) is 41.5 Å². The molecule has 208 valence electrons. The molecule has 0 saturated heterocycles. The molecule has 5 aromatic rings. The Hall–Kier alpha value is -4.57. The summed E-state index contributed by atoms with van der Waals surface area (Å²) in [7, 11) is -2.02. The quantitative estimate of drug-likeness (QED) is 0.225. The Morgan fingerprint density at radius 2 is 1.05 bits per heavy atom. The minimum Gasteiger partial charge on any atom is -0.496 e. The third-order valence-corrected chi connectivity index (χ3v) is 6.16. The Kier molecular flexibility index (Phi) is 9.46. The molecule has 0 saturated carbocycles. The number of carbonyl (C=O) groups excluding carboxylic acids is 1. The van der Waals surface area contributed by atoms with Crippen LogP contribution in [0.2, 0.25) is 0 Å². The number of carbonyl (C=O) groups is 1. The Labute approximate surface area is 239 Å². The van der Waals surface area contributed by atoms with Crippen LogP contribution in [-0.2, 0) is 4.74 Å². The highest BCUT2D eigenvalue weighted by atomic mass is 35.7. The number of methoxy groups -OCH3 is 2. The van der Waals surface area contributed by atoms with Gasteiger partial charge in [-0.25, -0.2) is 23.4 Å². The van der Waals surface area contributed by atoms with E-state index in [9.17, 15) is 4.79 Å². The first-order valence-electron chi connectivity index (χ1n) is 12.3. The fraction of sp³-hybridized carbons (Fsp3) is 0.0625. The molecule has 8 nitrogen and oxygen atoms in total. The first-order valence-corrected chi connectivity index (χ1v) is 13.6. The van der Waals surface area contributed by atoms with Crippen molar-refractivity contribution in [2.45, 2.75) is 0 Å². The average Bonchev–Trinajstić information content (AvgIpc) is 3.00. The molecule has 9 heteroatoms. The van der Waals surface area contributed by atoms with E-state index in [0.717, 1.165) is 39.3 Å². The summed E-state index contributed by atoms with van der Waals surface area (Å²) in [5, 5.41) is 0. The third kappa shape index (κ3) is 7.55. The molecular weight excluding hydrogens is 546 g/mol. The smallest absolute Gasteiger partial charge is 0.341 e. The molecule has 0 spiro atoms. The van der Waals surface area contributed by atoms with Gasteiger partial charge < -0.3 is 9.47 Å². The summed E-state index contributed by atoms with van der Waals surface area (Å²) in [6, 6.07) is 41.0. The number of hydrogen-bond acceptors (Lipinski definition) is 7. The van der Waals surface area contributed by atoms with Crippen LogP contribution in [0.3, 0.4) is 0 Å². The topological polar surface area (TPSA) is 132 Å². The van der Waals surface area contributed by atoms with Crippen molar-refractivity contribution in [1.82, 2.24) is 0 Å². The summed E-state index contributed by atoms with van der Waals surface area (Å²) < 4.78 is 46.7. The van der Waals surface area contributed by atoms with Crippen LogP contribution in [0.5, 0.6) is 5.75 Å². The molecular formula is C32H26ClNO7. The molecule has 0 N–H and O–H groups in total. The van der Waals surface area contributed by atoms with E-state index in [1.54, 1.807) is 13.2 Å². The Morgan fingerprint density at radius 3 is 1.46 bits per heavy atom. The second kappa shape index (κ2) is 13.2. The Balaban J connectivity index is 0.000000714. The molecule has 0 radical (unpaired) electrons. The SMILES string of the molecule is COC(=O)c1ccc(-[n+]2c(-c3ccccc3)cc(-c3ccccc3)cc2-c2ccccc2)cc1OC.[O-][Cl+3]([O-])([O-])[O-]. The van der Waals surface area contributed by atoms with Crippen LogP contribution in [0.4, 0.5) is 0 Å². The van der Waals surface area contributed by atoms with Crippen LogP contribution in [0, 0.1) is 10.2 Å². The summed E-state index contributed by atoms with van der Waals surface area (Å²) >= 11 is 0. The summed E-state index contributed by atoms with van der Waals surface area (Å²) in [4.78, 5) is 12.3. The number of aromatic nitrogens is 1. The normalized spacial score (nSPS) is 10.8. The van der Waals surface area contributed by atoms with E-state index in [2.05, 4.69) is 65.2 Å². The second-order valence-corrected chi connectivity index (χ2v) is 9.46. The van der Waals surface area contributed by atoms with Crippen molar-refractivity contribution in [3.05, 3.63) is 127 Å². The number of rotatable bonds is 6. The average molecular weight is 572 g/mol. The molecule has 1 aromatic heterocycles. The summed E-state index contributed by atoms with van der Waals surface area (Å²) in [6.07, 6.45) is 0. The lowest BCUT2D eigenvalue weighted by molar-refractivity contribution is -2.00. The first-order chi connectivity index (χ1) is 19.7. The Bertz CT molecular complexity index is 1540. The van der Waals surface area contributed by atoms with Gasteiger partial charge in [0, 0.05) is 29.3 Å².